The highest BCUT2D eigenvalue weighted by Crippen LogP contribution is 2.28. The van der Waals surface area contributed by atoms with Crippen LogP contribution in [-0.2, 0) is 4.74 Å². The van der Waals surface area contributed by atoms with Gasteiger partial charge in [-0.25, -0.2) is 4.39 Å². The van der Waals surface area contributed by atoms with Crippen LogP contribution in [0.1, 0.15) is 37.3 Å². The molecule has 1 saturated heterocycles. The summed E-state index contributed by atoms with van der Waals surface area (Å²) < 4.78 is 19.4. The van der Waals surface area contributed by atoms with Crippen LogP contribution in [-0.4, -0.2) is 12.7 Å². The quantitative estimate of drug-likeness (QED) is 0.923. The lowest BCUT2D eigenvalue weighted by Crippen LogP contribution is -2.15. The first-order valence-electron chi connectivity index (χ1n) is 5.99. The zero-order valence-corrected chi connectivity index (χ0v) is 11.2. The lowest BCUT2D eigenvalue weighted by atomic mass is 10.00. The second-order valence-corrected chi connectivity index (χ2v) is 5.25. The van der Waals surface area contributed by atoms with Gasteiger partial charge in [-0.05, 0) is 53.2 Å². The fourth-order valence-corrected chi connectivity index (χ4v) is 2.76. The third-order valence-electron chi connectivity index (χ3n) is 3.20. The molecule has 94 valence electrons. The number of nitrogens with two attached hydrogens (primary N) is 1. The maximum absolute atomic E-state index is 13.4. The minimum atomic E-state index is -0.255. The molecule has 4 heteroatoms. The molecule has 0 amide bonds. The Hall–Kier alpha value is -0.450. The third-order valence-corrected chi connectivity index (χ3v) is 4.04. The van der Waals surface area contributed by atoms with Crippen LogP contribution < -0.4 is 5.73 Å². The predicted molar refractivity (Wildman–Crippen MR) is 69.2 cm³/mol. The molecule has 0 saturated carbocycles. The summed E-state index contributed by atoms with van der Waals surface area (Å²) >= 11 is 3.25. The first-order valence-corrected chi connectivity index (χ1v) is 6.79. The second kappa shape index (κ2) is 5.94. The van der Waals surface area contributed by atoms with Gasteiger partial charge in [-0.2, -0.15) is 0 Å². The molecule has 1 fully saturated rings. The van der Waals surface area contributed by atoms with E-state index in [0.717, 1.165) is 37.9 Å². The van der Waals surface area contributed by atoms with E-state index < -0.39 is 0 Å². The van der Waals surface area contributed by atoms with Gasteiger partial charge in [-0.3, -0.25) is 0 Å². The maximum atomic E-state index is 13.4. The SMILES string of the molecule is NC(CCC1CCCO1)c1cccc(F)c1Br. The first kappa shape index (κ1) is 13.0. The summed E-state index contributed by atoms with van der Waals surface area (Å²) in [6, 6.07) is 4.86. The summed E-state index contributed by atoms with van der Waals surface area (Å²) in [5.74, 6) is -0.255. The van der Waals surface area contributed by atoms with Gasteiger partial charge in [0.25, 0.3) is 0 Å². The highest BCUT2D eigenvalue weighted by Gasteiger charge is 2.18. The molecule has 0 radical (unpaired) electrons. The normalized spacial score (nSPS) is 21.7. The van der Waals surface area contributed by atoms with E-state index >= 15 is 0 Å². The van der Waals surface area contributed by atoms with E-state index in [1.807, 2.05) is 6.07 Å². The van der Waals surface area contributed by atoms with Gasteiger partial charge < -0.3 is 10.5 Å². The number of halogens is 2. The van der Waals surface area contributed by atoms with Gasteiger partial charge in [0.05, 0.1) is 10.6 Å². The average Bonchev–Trinajstić information content (AvgIpc) is 2.82. The van der Waals surface area contributed by atoms with E-state index in [-0.39, 0.29) is 11.9 Å². The monoisotopic (exact) mass is 301 g/mol. The lowest BCUT2D eigenvalue weighted by Gasteiger charge is -2.16. The minimum Gasteiger partial charge on any atom is -0.378 e. The van der Waals surface area contributed by atoms with Crippen molar-refractivity contribution in [3.05, 3.63) is 34.1 Å². The van der Waals surface area contributed by atoms with Crippen LogP contribution in [0.25, 0.3) is 0 Å². The Labute approximate surface area is 109 Å². The van der Waals surface area contributed by atoms with Crippen molar-refractivity contribution in [3.8, 4) is 0 Å². The molecule has 17 heavy (non-hydrogen) atoms. The molecule has 2 rings (SSSR count). The molecule has 2 nitrogen and oxygen atoms in total. The summed E-state index contributed by atoms with van der Waals surface area (Å²) in [6.07, 6.45) is 4.38. The molecule has 1 aromatic rings. The molecule has 0 aromatic heterocycles. The molecule has 1 aromatic carbocycles. The molecule has 1 aliphatic heterocycles. The molecule has 1 aliphatic rings. The van der Waals surface area contributed by atoms with E-state index in [0.29, 0.717) is 10.6 Å². The number of hydrogen-bond donors (Lipinski definition) is 1. The fourth-order valence-electron chi connectivity index (χ4n) is 2.20. The average molecular weight is 302 g/mol. The third kappa shape index (κ3) is 3.27. The van der Waals surface area contributed by atoms with E-state index in [2.05, 4.69) is 15.9 Å². The Morgan fingerprint density at radius 3 is 3.06 bits per heavy atom. The first-order chi connectivity index (χ1) is 8.18. The van der Waals surface area contributed by atoms with Crippen LogP contribution in [0.15, 0.2) is 22.7 Å². The number of hydrogen-bond acceptors (Lipinski definition) is 2. The molecule has 0 aliphatic carbocycles. The molecule has 2 N–H and O–H groups in total. The molecule has 2 atom stereocenters. The Morgan fingerprint density at radius 1 is 1.53 bits per heavy atom. The van der Waals surface area contributed by atoms with Gasteiger partial charge in [0, 0.05) is 12.6 Å². The number of ether oxygens (including phenoxy) is 1. The van der Waals surface area contributed by atoms with Gasteiger partial charge in [0.15, 0.2) is 0 Å². The summed E-state index contributed by atoms with van der Waals surface area (Å²) in [4.78, 5) is 0. The van der Waals surface area contributed by atoms with Crippen molar-refractivity contribution < 1.29 is 9.13 Å². The number of benzene rings is 1. The van der Waals surface area contributed by atoms with Crippen LogP contribution in [0.4, 0.5) is 4.39 Å². The van der Waals surface area contributed by atoms with Crippen LogP contribution in [0, 0.1) is 5.82 Å². The Kier molecular flexibility index (Phi) is 4.54. The lowest BCUT2D eigenvalue weighted by molar-refractivity contribution is 0.101. The predicted octanol–water partition coefficient (Wildman–Crippen LogP) is 3.55. The van der Waals surface area contributed by atoms with Crippen LogP contribution >= 0.6 is 15.9 Å². The van der Waals surface area contributed by atoms with Gasteiger partial charge in [0.1, 0.15) is 5.82 Å². The Balaban J connectivity index is 1.94. The van der Waals surface area contributed by atoms with Gasteiger partial charge in [-0.15, -0.1) is 0 Å². The summed E-state index contributed by atoms with van der Waals surface area (Å²) in [7, 11) is 0. The smallest absolute Gasteiger partial charge is 0.137 e. The van der Waals surface area contributed by atoms with Gasteiger partial charge >= 0.3 is 0 Å². The minimum absolute atomic E-state index is 0.135. The summed E-state index contributed by atoms with van der Waals surface area (Å²) in [6.45, 7) is 0.865. The molecule has 0 spiro atoms. The van der Waals surface area contributed by atoms with Crippen molar-refractivity contribution in [2.45, 2.75) is 37.8 Å². The molecular formula is C13H17BrFNO. The highest BCUT2D eigenvalue weighted by atomic mass is 79.9. The van der Waals surface area contributed by atoms with Crippen molar-refractivity contribution in [2.24, 2.45) is 5.73 Å². The maximum Gasteiger partial charge on any atom is 0.137 e. The van der Waals surface area contributed by atoms with E-state index in [4.69, 9.17) is 10.5 Å². The second-order valence-electron chi connectivity index (χ2n) is 4.46. The highest BCUT2D eigenvalue weighted by molar-refractivity contribution is 9.10. The van der Waals surface area contributed by atoms with Crippen LogP contribution in [0.3, 0.4) is 0 Å². The molecule has 1 heterocycles. The molecular weight excluding hydrogens is 285 g/mol. The molecule has 2 unspecified atom stereocenters. The Bertz CT molecular complexity index is 380. The largest absolute Gasteiger partial charge is 0.378 e. The topological polar surface area (TPSA) is 35.2 Å². The summed E-state index contributed by atoms with van der Waals surface area (Å²) in [5, 5.41) is 0. The Morgan fingerprint density at radius 2 is 2.35 bits per heavy atom. The van der Waals surface area contributed by atoms with Crippen LogP contribution in [0.5, 0.6) is 0 Å². The van der Waals surface area contributed by atoms with E-state index in [1.54, 1.807) is 6.07 Å². The van der Waals surface area contributed by atoms with Crippen molar-refractivity contribution in [3.63, 3.8) is 0 Å². The van der Waals surface area contributed by atoms with E-state index in [1.165, 1.54) is 6.07 Å². The van der Waals surface area contributed by atoms with Crippen LogP contribution in [0.2, 0.25) is 0 Å². The number of rotatable bonds is 4. The zero-order valence-electron chi connectivity index (χ0n) is 9.66. The van der Waals surface area contributed by atoms with Gasteiger partial charge in [0.2, 0.25) is 0 Å². The van der Waals surface area contributed by atoms with Crippen molar-refractivity contribution in [1.29, 1.82) is 0 Å². The fraction of sp³-hybridized carbons (Fsp3) is 0.538. The van der Waals surface area contributed by atoms with E-state index in [9.17, 15) is 4.39 Å². The van der Waals surface area contributed by atoms with Crippen molar-refractivity contribution in [2.75, 3.05) is 6.61 Å². The van der Waals surface area contributed by atoms with Crippen molar-refractivity contribution >= 4 is 15.9 Å². The molecule has 0 bridgehead atoms. The summed E-state index contributed by atoms with van der Waals surface area (Å²) in [5.41, 5.74) is 6.93. The zero-order chi connectivity index (χ0) is 12.3. The van der Waals surface area contributed by atoms with Gasteiger partial charge in [-0.1, -0.05) is 12.1 Å². The standard InChI is InChI=1S/C13H17BrFNO/c14-13-10(4-1-5-11(13)15)12(16)7-6-9-3-2-8-17-9/h1,4-5,9,12H,2-3,6-8,16H2. The van der Waals surface area contributed by atoms with Crippen molar-refractivity contribution in [1.82, 2.24) is 0 Å².